The fourth-order valence-corrected chi connectivity index (χ4v) is 2.31. The minimum Gasteiger partial charge on any atom is -0.264 e. The van der Waals surface area contributed by atoms with Gasteiger partial charge in [0, 0.05) is 36.4 Å². The van der Waals surface area contributed by atoms with Gasteiger partial charge in [-0.25, -0.2) is 0 Å². The molecule has 0 spiro atoms. The minimum atomic E-state index is 0.0355. The van der Waals surface area contributed by atoms with E-state index in [1.165, 1.54) is 5.56 Å². The SMILES string of the molecule is CC(C)(CCC(C)(C)c1cnccn1)c1cccnc1. The summed E-state index contributed by atoms with van der Waals surface area (Å²) in [4.78, 5) is 12.9. The number of hydrogen-bond donors (Lipinski definition) is 0. The molecule has 106 valence electrons. The number of aromatic nitrogens is 3. The number of rotatable bonds is 5. The molecule has 3 heteroatoms. The zero-order chi connectivity index (χ0) is 14.6. The van der Waals surface area contributed by atoms with E-state index in [1.807, 2.05) is 24.7 Å². The predicted octanol–water partition coefficient (Wildman–Crippen LogP) is 3.91. The molecular formula is C17H23N3. The molecule has 0 aliphatic heterocycles. The maximum Gasteiger partial charge on any atom is 0.0642 e. The zero-order valence-corrected chi connectivity index (χ0v) is 12.8. The molecule has 20 heavy (non-hydrogen) atoms. The van der Waals surface area contributed by atoms with E-state index in [0.717, 1.165) is 18.5 Å². The Labute approximate surface area is 121 Å². The minimum absolute atomic E-state index is 0.0355. The van der Waals surface area contributed by atoms with Crippen LogP contribution >= 0.6 is 0 Å². The van der Waals surface area contributed by atoms with Gasteiger partial charge in [0.05, 0.1) is 5.69 Å². The lowest BCUT2D eigenvalue weighted by atomic mass is 9.74. The monoisotopic (exact) mass is 269 g/mol. The molecule has 2 aromatic heterocycles. The second-order valence-corrected chi connectivity index (χ2v) is 6.60. The van der Waals surface area contributed by atoms with E-state index in [4.69, 9.17) is 0 Å². The van der Waals surface area contributed by atoms with Crippen molar-refractivity contribution in [2.45, 2.75) is 51.4 Å². The van der Waals surface area contributed by atoms with Gasteiger partial charge < -0.3 is 0 Å². The summed E-state index contributed by atoms with van der Waals surface area (Å²) in [7, 11) is 0. The van der Waals surface area contributed by atoms with Gasteiger partial charge in [-0.3, -0.25) is 15.0 Å². The Morgan fingerprint density at radius 1 is 0.850 bits per heavy atom. The summed E-state index contributed by atoms with van der Waals surface area (Å²) in [5, 5.41) is 0. The molecular weight excluding hydrogens is 246 g/mol. The lowest BCUT2D eigenvalue weighted by Crippen LogP contribution is -2.25. The molecule has 0 bridgehead atoms. The van der Waals surface area contributed by atoms with Crippen LogP contribution in [0.3, 0.4) is 0 Å². The Kier molecular flexibility index (Phi) is 4.17. The van der Waals surface area contributed by atoms with Gasteiger partial charge >= 0.3 is 0 Å². The standard InChI is InChI=1S/C17H23N3/c1-16(2,14-6-5-9-18-12-14)7-8-17(3,4)15-13-19-10-11-20-15/h5-6,9-13H,7-8H2,1-4H3. The van der Waals surface area contributed by atoms with Crippen molar-refractivity contribution < 1.29 is 0 Å². The van der Waals surface area contributed by atoms with Crippen molar-refractivity contribution in [3.8, 4) is 0 Å². The molecule has 0 unspecified atom stereocenters. The molecule has 0 radical (unpaired) electrons. The first-order chi connectivity index (χ1) is 9.42. The number of nitrogens with zero attached hydrogens (tertiary/aromatic N) is 3. The van der Waals surface area contributed by atoms with Crippen molar-refractivity contribution in [1.82, 2.24) is 15.0 Å². The summed E-state index contributed by atoms with van der Waals surface area (Å²) < 4.78 is 0. The van der Waals surface area contributed by atoms with E-state index in [2.05, 4.69) is 48.7 Å². The van der Waals surface area contributed by atoms with Crippen LogP contribution in [-0.2, 0) is 10.8 Å². The van der Waals surface area contributed by atoms with Crippen molar-refractivity contribution in [3.63, 3.8) is 0 Å². The summed E-state index contributed by atoms with van der Waals surface area (Å²) in [6.07, 6.45) is 11.3. The van der Waals surface area contributed by atoms with Gasteiger partial charge in [-0.05, 0) is 29.9 Å². The van der Waals surface area contributed by atoms with E-state index in [0.29, 0.717) is 0 Å². The average molecular weight is 269 g/mol. The molecule has 0 saturated heterocycles. The van der Waals surface area contributed by atoms with Gasteiger partial charge in [0.25, 0.3) is 0 Å². The second kappa shape index (κ2) is 5.70. The molecule has 0 atom stereocenters. The van der Waals surface area contributed by atoms with Crippen molar-refractivity contribution >= 4 is 0 Å². The summed E-state index contributed by atoms with van der Waals surface area (Å²) in [5.74, 6) is 0. The van der Waals surface area contributed by atoms with Crippen LogP contribution < -0.4 is 0 Å². The van der Waals surface area contributed by atoms with E-state index in [9.17, 15) is 0 Å². The van der Waals surface area contributed by atoms with Crippen LogP contribution in [0.1, 0.15) is 51.8 Å². The molecule has 0 fully saturated rings. The first-order valence-corrected chi connectivity index (χ1v) is 7.09. The quantitative estimate of drug-likeness (QED) is 0.826. The second-order valence-electron chi connectivity index (χ2n) is 6.60. The van der Waals surface area contributed by atoms with Crippen molar-refractivity contribution in [1.29, 1.82) is 0 Å². The molecule has 0 amide bonds. The van der Waals surface area contributed by atoms with Crippen LogP contribution in [0.25, 0.3) is 0 Å². The zero-order valence-electron chi connectivity index (χ0n) is 12.8. The van der Waals surface area contributed by atoms with E-state index >= 15 is 0 Å². The predicted molar refractivity (Wildman–Crippen MR) is 81.6 cm³/mol. The lowest BCUT2D eigenvalue weighted by molar-refractivity contribution is 0.367. The Hall–Kier alpha value is -1.77. The van der Waals surface area contributed by atoms with Crippen LogP contribution in [0.5, 0.6) is 0 Å². The van der Waals surface area contributed by atoms with Gasteiger partial charge in [0.15, 0.2) is 0 Å². The molecule has 2 heterocycles. The summed E-state index contributed by atoms with van der Waals surface area (Å²) in [6, 6.07) is 4.16. The Bertz CT molecular complexity index is 481. The third-order valence-corrected chi connectivity index (χ3v) is 4.07. The van der Waals surface area contributed by atoms with Crippen LogP contribution in [0.2, 0.25) is 0 Å². The van der Waals surface area contributed by atoms with Crippen molar-refractivity contribution in [2.24, 2.45) is 0 Å². The van der Waals surface area contributed by atoms with Gasteiger partial charge in [0.1, 0.15) is 0 Å². The first kappa shape index (κ1) is 14.6. The highest BCUT2D eigenvalue weighted by Gasteiger charge is 2.28. The maximum atomic E-state index is 4.45. The smallest absolute Gasteiger partial charge is 0.0642 e. The molecule has 0 aliphatic rings. The highest BCUT2D eigenvalue weighted by atomic mass is 14.8. The normalized spacial score (nSPS) is 12.4. The summed E-state index contributed by atoms with van der Waals surface area (Å²) >= 11 is 0. The third kappa shape index (κ3) is 3.41. The molecule has 0 aromatic carbocycles. The number of hydrogen-bond acceptors (Lipinski definition) is 3. The largest absolute Gasteiger partial charge is 0.264 e. The van der Waals surface area contributed by atoms with E-state index in [-0.39, 0.29) is 10.8 Å². The number of pyridine rings is 1. The molecule has 3 nitrogen and oxygen atoms in total. The van der Waals surface area contributed by atoms with Crippen molar-refractivity contribution in [3.05, 3.63) is 54.4 Å². The van der Waals surface area contributed by atoms with Crippen molar-refractivity contribution in [2.75, 3.05) is 0 Å². The highest BCUT2D eigenvalue weighted by Crippen LogP contribution is 2.34. The van der Waals surface area contributed by atoms with Gasteiger partial charge in [-0.1, -0.05) is 33.8 Å². The van der Waals surface area contributed by atoms with Crippen LogP contribution in [0, 0.1) is 0 Å². The van der Waals surface area contributed by atoms with Gasteiger partial charge in [-0.2, -0.15) is 0 Å². The first-order valence-electron chi connectivity index (χ1n) is 7.09. The molecule has 0 saturated carbocycles. The van der Waals surface area contributed by atoms with Gasteiger partial charge in [-0.15, -0.1) is 0 Å². The fourth-order valence-electron chi connectivity index (χ4n) is 2.31. The van der Waals surface area contributed by atoms with Gasteiger partial charge in [0.2, 0.25) is 0 Å². The molecule has 0 aliphatic carbocycles. The van der Waals surface area contributed by atoms with E-state index < -0.39 is 0 Å². The fraction of sp³-hybridized carbons (Fsp3) is 0.471. The Morgan fingerprint density at radius 3 is 2.15 bits per heavy atom. The molecule has 0 N–H and O–H groups in total. The molecule has 2 rings (SSSR count). The summed E-state index contributed by atoms with van der Waals surface area (Å²) in [6.45, 7) is 9.01. The maximum absolute atomic E-state index is 4.45. The third-order valence-electron chi connectivity index (χ3n) is 4.07. The molecule has 2 aromatic rings. The Balaban J connectivity index is 2.08. The van der Waals surface area contributed by atoms with Crippen LogP contribution in [0.15, 0.2) is 43.1 Å². The van der Waals surface area contributed by atoms with E-state index in [1.54, 1.807) is 12.4 Å². The van der Waals surface area contributed by atoms with Crippen LogP contribution in [-0.4, -0.2) is 15.0 Å². The summed E-state index contributed by atoms with van der Waals surface area (Å²) in [5.41, 5.74) is 2.50. The Morgan fingerprint density at radius 2 is 1.55 bits per heavy atom. The highest BCUT2D eigenvalue weighted by molar-refractivity contribution is 5.20. The average Bonchev–Trinajstić information content (AvgIpc) is 2.47. The lowest BCUT2D eigenvalue weighted by Gasteiger charge is -2.31. The topological polar surface area (TPSA) is 38.7 Å². The van der Waals surface area contributed by atoms with Crippen LogP contribution in [0.4, 0.5) is 0 Å².